The molecule has 3 rings (SSSR count). The molecule has 19 heavy (non-hydrogen) atoms. The molecule has 0 fully saturated rings. The van der Waals surface area contributed by atoms with Crippen molar-refractivity contribution in [3.05, 3.63) is 47.1 Å². The van der Waals surface area contributed by atoms with E-state index in [-0.39, 0.29) is 0 Å². The molecular weight excluding hydrogens is 285 g/mol. The van der Waals surface area contributed by atoms with E-state index in [1.165, 1.54) is 6.33 Å². The van der Waals surface area contributed by atoms with Crippen LogP contribution in [0, 0.1) is 0 Å². The zero-order valence-corrected chi connectivity index (χ0v) is 11.0. The number of aromatic nitrogens is 4. The van der Waals surface area contributed by atoms with Crippen LogP contribution in [0.3, 0.4) is 0 Å². The molecule has 0 aliphatic heterocycles. The highest BCUT2D eigenvalue weighted by Crippen LogP contribution is 2.23. The van der Waals surface area contributed by atoms with E-state index in [1.54, 1.807) is 30.6 Å². The molecule has 0 atom stereocenters. The summed E-state index contributed by atoms with van der Waals surface area (Å²) in [5.41, 5.74) is 2.01. The van der Waals surface area contributed by atoms with E-state index in [1.807, 2.05) is 0 Å². The van der Waals surface area contributed by atoms with Crippen molar-refractivity contribution in [2.24, 2.45) is 0 Å². The minimum atomic E-state index is 0.384. The summed E-state index contributed by atoms with van der Waals surface area (Å²) in [6, 6.07) is 5.21. The summed E-state index contributed by atoms with van der Waals surface area (Å²) in [5, 5.41) is 4.02. The van der Waals surface area contributed by atoms with Crippen molar-refractivity contribution < 1.29 is 0 Å². The predicted octanol–water partition coefficient (Wildman–Crippen LogP) is 3.47. The van der Waals surface area contributed by atoms with Gasteiger partial charge in [-0.3, -0.25) is 4.98 Å². The van der Waals surface area contributed by atoms with Crippen molar-refractivity contribution in [1.29, 1.82) is 0 Å². The lowest BCUT2D eigenvalue weighted by molar-refractivity contribution is 1.19. The van der Waals surface area contributed by atoms with E-state index < -0.39 is 0 Å². The Bertz CT molecular complexity index is 747. The van der Waals surface area contributed by atoms with Gasteiger partial charge >= 0.3 is 0 Å². The van der Waals surface area contributed by atoms with Gasteiger partial charge < -0.3 is 5.32 Å². The smallest absolute Gasteiger partial charge is 0.160 e. The summed E-state index contributed by atoms with van der Waals surface area (Å²) >= 11 is 11.8. The third-order valence-electron chi connectivity index (χ3n) is 2.42. The molecule has 0 unspecified atom stereocenters. The standard InChI is InChI=1S/C12H7Cl2N5/c13-7-3-8(5-15-4-7)18-12-11-9(16-6-17-12)1-2-10(14)19-11/h1-6H,(H,16,17,18). The number of nitrogens with one attached hydrogen (secondary N) is 1. The molecule has 0 saturated heterocycles. The van der Waals surface area contributed by atoms with Gasteiger partial charge in [-0.2, -0.15) is 0 Å². The quantitative estimate of drug-likeness (QED) is 0.733. The summed E-state index contributed by atoms with van der Waals surface area (Å²) < 4.78 is 0. The predicted molar refractivity (Wildman–Crippen MR) is 74.9 cm³/mol. The molecule has 1 N–H and O–H groups in total. The third kappa shape index (κ3) is 2.57. The van der Waals surface area contributed by atoms with Crippen LogP contribution in [0.1, 0.15) is 0 Å². The molecule has 0 radical (unpaired) electrons. The second-order valence-corrected chi connectivity index (χ2v) is 4.56. The Hall–Kier alpha value is -1.98. The monoisotopic (exact) mass is 291 g/mol. The molecular formula is C12H7Cl2N5. The largest absolute Gasteiger partial charge is 0.337 e. The number of nitrogens with zero attached hydrogens (tertiary/aromatic N) is 4. The highest BCUT2D eigenvalue weighted by molar-refractivity contribution is 6.30. The molecule has 0 aliphatic carbocycles. The van der Waals surface area contributed by atoms with Crippen molar-refractivity contribution >= 4 is 45.7 Å². The van der Waals surface area contributed by atoms with E-state index in [0.29, 0.717) is 32.7 Å². The van der Waals surface area contributed by atoms with Crippen LogP contribution >= 0.6 is 23.2 Å². The van der Waals surface area contributed by atoms with Crippen LogP contribution in [0.25, 0.3) is 11.0 Å². The first-order valence-corrected chi connectivity index (χ1v) is 6.13. The third-order valence-corrected chi connectivity index (χ3v) is 2.83. The average molecular weight is 292 g/mol. The molecule has 0 bridgehead atoms. The number of hydrogen-bond acceptors (Lipinski definition) is 5. The summed E-state index contributed by atoms with van der Waals surface area (Å²) in [7, 11) is 0. The van der Waals surface area contributed by atoms with Crippen molar-refractivity contribution in [3.63, 3.8) is 0 Å². The van der Waals surface area contributed by atoms with Gasteiger partial charge in [-0.1, -0.05) is 23.2 Å². The summed E-state index contributed by atoms with van der Waals surface area (Å²) in [6.45, 7) is 0. The lowest BCUT2D eigenvalue weighted by atomic mass is 10.3. The number of pyridine rings is 2. The zero-order chi connectivity index (χ0) is 13.2. The maximum atomic E-state index is 5.89. The molecule has 0 spiro atoms. The SMILES string of the molecule is Clc1cncc(Nc2ncnc3ccc(Cl)nc23)c1. The Morgan fingerprint density at radius 3 is 2.79 bits per heavy atom. The number of hydrogen-bond donors (Lipinski definition) is 1. The van der Waals surface area contributed by atoms with E-state index >= 15 is 0 Å². The maximum absolute atomic E-state index is 5.89. The van der Waals surface area contributed by atoms with Gasteiger partial charge in [0.25, 0.3) is 0 Å². The van der Waals surface area contributed by atoms with Gasteiger partial charge in [-0.05, 0) is 18.2 Å². The first-order chi connectivity index (χ1) is 9.22. The topological polar surface area (TPSA) is 63.6 Å². The Balaban J connectivity index is 2.07. The van der Waals surface area contributed by atoms with Crippen LogP contribution in [0.4, 0.5) is 11.5 Å². The first kappa shape index (κ1) is 12.1. The normalized spacial score (nSPS) is 10.6. The van der Waals surface area contributed by atoms with Gasteiger partial charge in [0.05, 0.1) is 22.4 Å². The number of fused-ring (bicyclic) bond motifs is 1. The molecule has 0 saturated carbocycles. The van der Waals surface area contributed by atoms with Gasteiger partial charge in [0.15, 0.2) is 5.82 Å². The first-order valence-electron chi connectivity index (χ1n) is 5.37. The van der Waals surface area contributed by atoms with Gasteiger partial charge in [0.1, 0.15) is 17.0 Å². The van der Waals surface area contributed by atoms with Crippen LogP contribution in [0.15, 0.2) is 36.9 Å². The van der Waals surface area contributed by atoms with Crippen molar-refractivity contribution in [2.45, 2.75) is 0 Å². The fourth-order valence-corrected chi connectivity index (χ4v) is 1.95. The Morgan fingerprint density at radius 1 is 1.05 bits per heavy atom. The highest BCUT2D eigenvalue weighted by Gasteiger charge is 2.06. The van der Waals surface area contributed by atoms with Crippen LogP contribution in [-0.2, 0) is 0 Å². The Kier molecular flexibility index (Phi) is 3.15. The molecule has 0 aromatic carbocycles. The molecule has 3 aromatic heterocycles. The molecule has 94 valence electrons. The molecule has 0 aliphatic rings. The van der Waals surface area contributed by atoms with Crippen LogP contribution in [0.2, 0.25) is 10.2 Å². The zero-order valence-electron chi connectivity index (χ0n) is 9.51. The van der Waals surface area contributed by atoms with Gasteiger partial charge in [0.2, 0.25) is 0 Å². The highest BCUT2D eigenvalue weighted by atomic mass is 35.5. The van der Waals surface area contributed by atoms with Crippen molar-refractivity contribution in [3.8, 4) is 0 Å². The molecule has 5 nitrogen and oxygen atoms in total. The number of halogens is 2. The fraction of sp³-hybridized carbons (Fsp3) is 0. The van der Waals surface area contributed by atoms with Gasteiger partial charge in [-0.15, -0.1) is 0 Å². The average Bonchev–Trinajstić information content (AvgIpc) is 2.39. The van der Waals surface area contributed by atoms with Crippen LogP contribution in [0.5, 0.6) is 0 Å². The minimum absolute atomic E-state index is 0.384. The summed E-state index contributed by atoms with van der Waals surface area (Å²) in [6.07, 6.45) is 4.66. The molecule has 0 amide bonds. The second kappa shape index (κ2) is 4.95. The van der Waals surface area contributed by atoms with E-state index in [0.717, 1.165) is 0 Å². The summed E-state index contributed by atoms with van der Waals surface area (Å²) in [5.74, 6) is 0.552. The van der Waals surface area contributed by atoms with E-state index in [4.69, 9.17) is 23.2 Å². The lowest BCUT2D eigenvalue weighted by Gasteiger charge is -2.07. The lowest BCUT2D eigenvalue weighted by Crippen LogP contribution is -1.98. The van der Waals surface area contributed by atoms with E-state index in [2.05, 4.69) is 25.3 Å². The van der Waals surface area contributed by atoms with Crippen molar-refractivity contribution in [1.82, 2.24) is 19.9 Å². The van der Waals surface area contributed by atoms with Gasteiger partial charge in [0, 0.05) is 6.20 Å². The Labute approximate surface area is 118 Å². The van der Waals surface area contributed by atoms with Crippen LogP contribution < -0.4 is 5.32 Å². The molecule has 3 heterocycles. The fourth-order valence-electron chi connectivity index (χ4n) is 1.62. The number of rotatable bonds is 2. The van der Waals surface area contributed by atoms with Gasteiger partial charge in [-0.25, -0.2) is 15.0 Å². The molecule has 3 aromatic rings. The van der Waals surface area contributed by atoms with E-state index in [9.17, 15) is 0 Å². The number of anilines is 2. The maximum Gasteiger partial charge on any atom is 0.160 e. The molecule has 7 heteroatoms. The Morgan fingerprint density at radius 2 is 1.95 bits per heavy atom. The minimum Gasteiger partial charge on any atom is -0.337 e. The summed E-state index contributed by atoms with van der Waals surface area (Å²) in [4.78, 5) is 16.5. The second-order valence-electron chi connectivity index (χ2n) is 3.74. The van der Waals surface area contributed by atoms with Crippen molar-refractivity contribution in [2.75, 3.05) is 5.32 Å². The van der Waals surface area contributed by atoms with Crippen LogP contribution in [-0.4, -0.2) is 19.9 Å².